The number of benzene rings is 2. The van der Waals surface area contributed by atoms with Crippen LogP contribution in [-0.2, 0) is 16.0 Å². The molecule has 0 fully saturated rings. The van der Waals surface area contributed by atoms with E-state index in [-0.39, 0.29) is 18.2 Å². The summed E-state index contributed by atoms with van der Waals surface area (Å²) in [5.41, 5.74) is 2.61. The molecule has 26 heavy (non-hydrogen) atoms. The van der Waals surface area contributed by atoms with Crippen molar-refractivity contribution < 1.29 is 14.3 Å². The number of halogens is 1. The van der Waals surface area contributed by atoms with Crippen LogP contribution in [0.4, 0.5) is 5.69 Å². The van der Waals surface area contributed by atoms with Crippen LogP contribution < -0.4 is 15.0 Å². The number of carbonyl (C=O) groups is 2. The van der Waals surface area contributed by atoms with Gasteiger partial charge in [-0.05, 0) is 42.3 Å². The molecule has 138 valence electrons. The Balaban J connectivity index is 1.97. The van der Waals surface area contributed by atoms with E-state index in [4.69, 9.17) is 16.3 Å². The van der Waals surface area contributed by atoms with E-state index in [1.807, 2.05) is 37.3 Å². The van der Waals surface area contributed by atoms with Gasteiger partial charge in [-0.15, -0.1) is 0 Å². The third-order valence-electron chi connectivity index (χ3n) is 3.94. The number of amides is 2. The maximum absolute atomic E-state index is 12.1. The van der Waals surface area contributed by atoms with Gasteiger partial charge in [0.15, 0.2) is 0 Å². The first-order valence-corrected chi connectivity index (χ1v) is 8.72. The highest BCUT2D eigenvalue weighted by Crippen LogP contribution is 2.29. The molecule has 0 aliphatic carbocycles. The molecule has 0 saturated heterocycles. The van der Waals surface area contributed by atoms with Crippen LogP contribution in [-0.4, -0.2) is 32.0 Å². The molecule has 0 atom stereocenters. The molecule has 0 bridgehead atoms. The maximum Gasteiger partial charge on any atom is 0.224 e. The summed E-state index contributed by atoms with van der Waals surface area (Å²) in [6.07, 6.45) is 0.269. The van der Waals surface area contributed by atoms with E-state index in [1.54, 1.807) is 24.1 Å². The van der Waals surface area contributed by atoms with Crippen LogP contribution in [0.2, 0.25) is 5.02 Å². The van der Waals surface area contributed by atoms with E-state index < -0.39 is 0 Å². The van der Waals surface area contributed by atoms with Crippen LogP contribution >= 0.6 is 11.6 Å². The van der Waals surface area contributed by atoms with Crippen molar-refractivity contribution in [3.63, 3.8) is 0 Å². The Hall–Kier alpha value is -2.53. The summed E-state index contributed by atoms with van der Waals surface area (Å²) >= 11 is 5.84. The lowest BCUT2D eigenvalue weighted by Crippen LogP contribution is -2.38. The molecular formula is C20H23ClN2O3. The number of aryl methyl sites for hydroxylation is 1. The molecule has 0 saturated carbocycles. The van der Waals surface area contributed by atoms with E-state index in [1.165, 1.54) is 6.92 Å². The molecule has 0 aromatic heterocycles. The lowest BCUT2D eigenvalue weighted by atomic mass is 10.1. The minimum atomic E-state index is -0.110. The zero-order valence-electron chi connectivity index (χ0n) is 15.2. The van der Waals surface area contributed by atoms with Crippen LogP contribution in [0.3, 0.4) is 0 Å². The average molecular weight is 375 g/mol. The molecule has 0 aliphatic rings. The Morgan fingerprint density at radius 3 is 2.46 bits per heavy atom. The van der Waals surface area contributed by atoms with E-state index in [0.29, 0.717) is 29.5 Å². The van der Waals surface area contributed by atoms with Crippen molar-refractivity contribution in [3.05, 3.63) is 58.6 Å². The van der Waals surface area contributed by atoms with Gasteiger partial charge in [0.1, 0.15) is 5.75 Å². The molecule has 2 rings (SSSR count). The van der Waals surface area contributed by atoms with E-state index in [2.05, 4.69) is 5.32 Å². The van der Waals surface area contributed by atoms with Crippen LogP contribution in [0.15, 0.2) is 42.5 Å². The van der Waals surface area contributed by atoms with Crippen LogP contribution in [0.5, 0.6) is 5.75 Å². The number of anilines is 1. The van der Waals surface area contributed by atoms with Gasteiger partial charge in [0.05, 0.1) is 19.2 Å². The normalized spacial score (nSPS) is 10.3. The molecule has 0 unspecified atom stereocenters. The lowest BCUT2D eigenvalue weighted by molar-refractivity contribution is -0.121. The molecule has 6 heteroatoms. The fraction of sp³-hybridized carbons (Fsp3) is 0.300. The summed E-state index contributed by atoms with van der Waals surface area (Å²) in [6.45, 7) is 4.16. The molecular weight excluding hydrogens is 352 g/mol. The number of nitrogens with one attached hydrogen (secondary N) is 1. The second kappa shape index (κ2) is 9.25. The smallest absolute Gasteiger partial charge is 0.224 e. The third-order valence-corrected chi connectivity index (χ3v) is 4.19. The Morgan fingerprint density at radius 1 is 1.15 bits per heavy atom. The van der Waals surface area contributed by atoms with E-state index >= 15 is 0 Å². The van der Waals surface area contributed by atoms with Crippen molar-refractivity contribution in [1.82, 2.24) is 5.32 Å². The number of hydrogen-bond acceptors (Lipinski definition) is 3. The van der Waals surface area contributed by atoms with Crippen LogP contribution in [0.1, 0.15) is 18.1 Å². The van der Waals surface area contributed by atoms with Gasteiger partial charge in [0.25, 0.3) is 0 Å². The van der Waals surface area contributed by atoms with Crippen molar-refractivity contribution >= 4 is 29.1 Å². The monoisotopic (exact) mass is 374 g/mol. The molecule has 0 radical (unpaired) electrons. The van der Waals surface area contributed by atoms with Gasteiger partial charge in [-0.25, -0.2) is 0 Å². The number of methoxy groups -OCH3 is 1. The van der Waals surface area contributed by atoms with E-state index in [0.717, 1.165) is 11.1 Å². The number of carbonyl (C=O) groups excluding carboxylic acids is 2. The van der Waals surface area contributed by atoms with Gasteiger partial charge < -0.3 is 15.0 Å². The van der Waals surface area contributed by atoms with Crippen molar-refractivity contribution in [2.45, 2.75) is 20.3 Å². The predicted octanol–water partition coefficient (Wildman–Crippen LogP) is 3.37. The second-order valence-electron chi connectivity index (χ2n) is 6.00. The van der Waals surface area contributed by atoms with Gasteiger partial charge in [0.2, 0.25) is 11.8 Å². The number of rotatable bonds is 7. The SMILES string of the molecule is COc1ccc(C)cc1N(CCNC(=O)Cc1ccc(Cl)cc1)C(C)=O. The Labute approximate surface area is 158 Å². The molecule has 2 aromatic rings. The standard InChI is InChI=1S/C20H23ClN2O3/c1-14-4-9-19(26-3)18(12-14)23(15(2)24)11-10-22-20(25)13-16-5-7-17(21)8-6-16/h4-9,12H,10-11,13H2,1-3H3,(H,22,25). The van der Waals surface area contributed by atoms with Crippen LogP contribution in [0, 0.1) is 6.92 Å². The lowest BCUT2D eigenvalue weighted by Gasteiger charge is -2.24. The fourth-order valence-electron chi connectivity index (χ4n) is 2.62. The number of hydrogen-bond donors (Lipinski definition) is 1. The summed E-state index contributed by atoms with van der Waals surface area (Å²) in [7, 11) is 1.57. The summed E-state index contributed by atoms with van der Waals surface area (Å²) in [5.74, 6) is 0.408. The number of nitrogens with zero attached hydrogens (tertiary/aromatic N) is 1. The van der Waals surface area contributed by atoms with Crippen LogP contribution in [0.25, 0.3) is 0 Å². The van der Waals surface area contributed by atoms with Gasteiger partial charge >= 0.3 is 0 Å². The van der Waals surface area contributed by atoms with Crippen molar-refractivity contribution in [2.24, 2.45) is 0 Å². The quantitative estimate of drug-likeness (QED) is 0.808. The summed E-state index contributed by atoms with van der Waals surface area (Å²) in [5, 5.41) is 3.48. The third kappa shape index (κ3) is 5.49. The molecule has 5 nitrogen and oxygen atoms in total. The Kier molecular flexibility index (Phi) is 7.04. The largest absolute Gasteiger partial charge is 0.495 e. The van der Waals surface area contributed by atoms with Crippen molar-refractivity contribution in [1.29, 1.82) is 0 Å². The minimum Gasteiger partial charge on any atom is -0.495 e. The van der Waals surface area contributed by atoms with Gasteiger partial charge in [-0.1, -0.05) is 29.8 Å². The molecule has 1 N–H and O–H groups in total. The summed E-state index contributed by atoms with van der Waals surface area (Å²) in [4.78, 5) is 25.8. The van der Waals surface area contributed by atoms with Crippen molar-refractivity contribution in [3.8, 4) is 5.75 Å². The molecule has 0 heterocycles. The average Bonchev–Trinajstić information content (AvgIpc) is 2.60. The highest BCUT2D eigenvalue weighted by molar-refractivity contribution is 6.30. The first kappa shape index (κ1) is 19.8. The molecule has 0 aliphatic heterocycles. The number of ether oxygens (including phenoxy) is 1. The topological polar surface area (TPSA) is 58.6 Å². The first-order chi connectivity index (χ1) is 12.4. The maximum atomic E-state index is 12.1. The highest BCUT2D eigenvalue weighted by atomic mass is 35.5. The highest BCUT2D eigenvalue weighted by Gasteiger charge is 2.16. The predicted molar refractivity (Wildman–Crippen MR) is 104 cm³/mol. The molecule has 2 aromatic carbocycles. The van der Waals surface area contributed by atoms with Gasteiger partial charge in [0, 0.05) is 25.0 Å². The second-order valence-corrected chi connectivity index (χ2v) is 6.44. The first-order valence-electron chi connectivity index (χ1n) is 8.34. The summed E-state index contributed by atoms with van der Waals surface area (Å²) < 4.78 is 5.36. The van der Waals surface area contributed by atoms with Gasteiger partial charge in [-0.2, -0.15) is 0 Å². The zero-order valence-corrected chi connectivity index (χ0v) is 16.0. The molecule has 0 spiro atoms. The zero-order chi connectivity index (χ0) is 19.1. The Morgan fingerprint density at radius 2 is 1.85 bits per heavy atom. The van der Waals surface area contributed by atoms with Gasteiger partial charge in [-0.3, -0.25) is 9.59 Å². The van der Waals surface area contributed by atoms with Crippen molar-refractivity contribution in [2.75, 3.05) is 25.1 Å². The van der Waals surface area contributed by atoms with E-state index in [9.17, 15) is 9.59 Å². The molecule has 2 amide bonds. The summed E-state index contributed by atoms with van der Waals surface area (Å²) in [6, 6.07) is 12.8. The fourth-order valence-corrected chi connectivity index (χ4v) is 2.74. The minimum absolute atomic E-state index is 0.105. The Bertz CT molecular complexity index is 775.